The van der Waals surface area contributed by atoms with Crippen molar-refractivity contribution in [2.45, 2.75) is 39.7 Å². The number of carbonyl (C=O) groups is 1. The van der Waals surface area contributed by atoms with E-state index in [0.29, 0.717) is 25.4 Å². The molecular formula is C16H20N4O3. The number of hydrogen-bond donors (Lipinski definition) is 1. The second kappa shape index (κ2) is 6.36. The molecule has 0 aliphatic carbocycles. The number of amides is 1. The van der Waals surface area contributed by atoms with Crippen molar-refractivity contribution in [1.29, 1.82) is 0 Å². The summed E-state index contributed by atoms with van der Waals surface area (Å²) < 4.78 is 5.79. The summed E-state index contributed by atoms with van der Waals surface area (Å²) in [6.45, 7) is 5.27. The largest absolute Gasteiger partial charge is 0.445 e. The minimum Gasteiger partial charge on any atom is -0.445 e. The SMILES string of the molecule is CC(C)CCc1nc2c(o1)CCN(C(=O)c1cncc(=O)[nH]1)C2. The first kappa shape index (κ1) is 15.5. The first-order valence-corrected chi connectivity index (χ1v) is 7.84. The summed E-state index contributed by atoms with van der Waals surface area (Å²) in [5.74, 6) is 1.97. The van der Waals surface area contributed by atoms with Crippen LogP contribution in [0.25, 0.3) is 0 Å². The number of rotatable bonds is 4. The van der Waals surface area contributed by atoms with Crippen LogP contribution in [-0.4, -0.2) is 32.3 Å². The van der Waals surface area contributed by atoms with Crippen LogP contribution in [0.3, 0.4) is 0 Å². The summed E-state index contributed by atoms with van der Waals surface area (Å²) in [6.07, 6.45) is 4.99. The van der Waals surface area contributed by atoms with E-state index in [4.69, 9.17) is 4.42 Å². The van der Waals surface area contributed by atoms with Crippen LogP contribution in [-0.2, 0) is 19.4 Å². The Balaban J connectivity index is 1.72. The lowest BCUT2D eigenvalue weighted by Gasteiger charge is -2.24. The van der Waals surface area contributed by atoms with E-state index < -0.39 is 0 Å². The summed E-state index contributed by atoms with van der Waals surface area (Å²) in [4.78, 5) is 36.2. The fourth-order valence-electron chi connectivity index (χ4n) is 2.60. The predicted molar refractivity (Wildman–Crippen MR) is 83.0 cm³/mol. The van der Waals surface area contributed by atoms with Gasteiger partial charge < -0.3 is 14.3 Å². The van der Waals surface area contributed by atoms with E-state index in [2.05, 4.69) is 28.8 Å². The topological polar surface area (TPSA) is 92.1 Å². The molecule has 122 valence electrons. The van der Waals surface area contributed by atoms with Crippen LogP contribution in [0, 0.1) is 5.92 Å². The molecule has 0 unspecified atom stereocenters. The highest BCUT2D eigenvalue weighted by Gasteiger charge is 2.26. The number of oxazole rings is 1. The van der Waals surface area contributed by atoms with Crippen LogP contribution in [0.4, 0.5) is 0 Å². The molecule has 0 bridgehead atoms. The Hall–Kier alpha value is -2.44. The highest BCUT2D eigenvalue weighted by atomic mass is 16.4. The molecule has 7 nitrogen and oxygen atoms in total. The smallest absolute Gasteiger partial charge is 0.272 e. The molecule has 1 N–H and O–H groups in total. The van der Waals surface area contributed by atoms with Gasteiger partial charge in [0.2, 0.25) is 0 Å². The van der Waals surface area contributed by atoms with E-state index in [1.165, 1.54) is 6.20 Å². The standard InChI is InChI=1S/C16H20N4O3/c1-10(2)3-4-15-19-12-9-20(6-5-13(12)23-15)16(22)11-7-17-8-14(21)18-11/h7-8,10H,3-6,9H2,1-2H3,(H,18,21). The molecular weight excluding hydrogens is 296 g/mol. The van der Waals surface area contributed by atoms with Crippen molar-refractivity contribution >= 4 is 5.91 Å². The fraction of sp³-hybridized carbons (Fsp3) is 0.500. The quantitative estimate of drug-likeness (QED) is 0.924. The number of nitrogens with zero attached hydrogens (tertiary/aromatic N) is 3. The average molecular weight is 316 g/mol. The number of aryl methyl sites for hydroxylation is 1. The van der Waals surface area contributed by atoms with E-state index in [-0.39, 0.29) is 17.2 Å². The van der Waals surface area contributed by atoms with Gasteiger partial charge in [-0.25, -0.2) is 4.98 Å². The molecule has 3 heterocycles. The number of carbonyl (C=O) groups excluding carboxylic acids is 1. The van der Waals surface area contributed by atoms with Crippen molar-refractivity contribution in [3.8, 4) is 0 Å². The lowest BCUT2D eigenvalue weighted by molar-refractivity contribution is 0.0721. The number of aromatic nitrogens is 3. The number of H-pyrrole nitrogens is 1. The van der Waals surface area contributed by atoms with Crippen LogP contribution in [0.1, 0.15) is 48.1 Å². The second-order valence-electron chi connectivity index (χ2n) is 6.20. The van der Waals surface area contributed by atoms with Gasteiger partial charge in [-0.3, -0.25) is 14.6 Å². The van der Waals surface area contributed by atoms with Gasteiger partial charge in [-0.15, -0.1) is 0 Å². The molecule has 0 aromatic carbocycles. The highest BCUT2D eigenvalue weighted by molar-refractivity contribution is 5.92. The maximum atomic E-state index is 12.4. The molecule has 0 saturated heterocycles. The predicted octanol–water partition coefficient (Wildman–Crippen LogP) is 1.54. The Labute approximate surface area is 133 Å². The molecule has 0 fully saturated rings. The lowest BCUT2D eigenvalue weighted by atomic mass is 10.1. The minimum atomic E-state index is -0.383. The number of aromatic amines is 1. The van der Waals surface area contributed by atoms with E-state index in [9.17, 15) is 9.59 Å². The van der Waals surface area contributed by atoms with Crippen molar-refractivity contribution in [3.05, 3.63) is 45.8 Å². The Morgan fingerprint density at radius 1 is 1.43 bits per heavy atom. The number of nitrogens with one attached hydrogen (secondary N) is 1. The Bertz CT molecular complexity index is 763. The first-order valence-electron chi connectivity index (χ1n) is 7.84. The Morgan fingerprint density at radius 2 is 2.26 bits per heavy atom. The third-order valence-electron chi connectivity index (χ3n) is 3.88. The van der Waals surface area contributed by atoms with Gasteiger partial charge in [0.25, 0.3) is 11.5 Å². The third kappa shape index (κ3) is 3.49. The summed E-state index contributed by atoms with van der Waals surface area (Å²) in [5.41, 5.74) is 0.630. The van der Waals surface area contributed by atoms with Gasteiger partial charge in [0.15, 0.2) is 5.89 Å². The summed E-state index contributed by atoms with van der Waals surface area (Å²) >= 11 is 0. The molecule has 1 amide bonds. The van der Waals surface area contributed by atoms with Gasteiger partial charge >= 0.3 is 0 Å². The highest BCUT2D eigenvalue weighted by Crippen LogP contribution is 2.22. The molecule has 0 saturated carbocycles. The Morgan fingerprint density at radius 3 is 3.00 bits per heavy atom. The fourth-order valence-corrected chi connectivity index (χ4v) is 2.60. The third-order valence-corrected chi connectivity index (χ3v) is 3.88. The van der Waals surface area contributed by atoms with Gasteiger partial charge in [-0.2, -0.15) is 0 Å². The zero-order valence-corrected chi connectivity index (χ0v) is 13.3. The van der Waals surface area contributed by atoms with E-state index in [1.807, 2.05) is 0 Å². The van der Waals surface area contributed by atoms with E-state index in [0.717, 1.165) is 36.4 Å². The molecule has 0 radical (unpaired) electrons. The summed E-state index contributed by atoms with van der Waals surface area (Å²) in [7, 11) is 0. The summed E-state index contributed by atoms with van der Waals surface area (Å²) in [5, 5.41) is 0. The summed E-state index contributed by atoms with van der Waals surface area (Å²) in [6, 6.07) is 0. The molecule has 1 aliphatic heterocycles. The van der Waals surface area contributed by atoms with Crippen molar-refractivity contribution in [2.75, 3.05) is 6.54 Å². The number of fused-ring (bicyclic) bond motifs is 1. The van der Waals surface area contributed by atoms with Crippen LogP contribution in [0.5, 0.6) is 0 Å². The maximum absolute atomic E-state index is 12.4. The van der Waals surface area contributed by atoms with Crippen molar-refractivity contribution in [2.24, 2.45) is 5.92 Å². The van der Waals surface area contributed by atoms with Gasteiger partial charge in [0.05, 0.1) is 18.9 Å². The Kier molecular flexibility index (Phi) is 4.27. The molecule has 1 aliphatic rings. The molecule has 2 aromatic rings. The van der Waals surface area contributed by atoms with E-state index in [1.54, 1.807) is 4.90 Å². The first-order chi connectivity index (χ1) is 11.0. The second-order valence-corrected chi connectivity index (χ2v) is 6.20. The zero-order chi connectivity index (χ0) is 16.4. The molecule has 23 heavy (non-hydrogen) atoms. The van der Waals surface area contributed by atoms with Crippen LogP contribution >= 0.6 is 0 Å². The van der Waals surface area contributed by atoms with Gasteiger partial charge in [0.1, 0.15) is 17.1 Å². The van der Waals surface area contributed by atoms with Crippen molar-refractivity contribution < 1.29 is 9.21 Å². The van der Waals surface area contributed by atoms with Gasteiger partial charge in [0, 0.05) is 19.4 Å². The lowest BCUT2D eigenvalue weighted by Crippen LogP contribution is -2.37. The van der Waals surface area contributed by atoms with Crippen molar-refractivity contribution in [1.82, 2.24) is 19.9 Å². The zero-order valence-electron chi connectivity index (χ0n) is 13.3. The number of hydrogen-bond acceptors (Lipinski definition) is 5. The minimum absolute atomic E-state index is 0.199. The van der Waals surface area contributed by atoms with Gasteiger partial charge in [-0.05, 0) is 12.3 Å². The maximum Gasteiger partial charge on any atom is 0.272 e. The molecule has 2 aromatic heterocycles. The van der Waals surface area contributed by atoms with E-state index >= 15 is 0 Å². The van der Waals surface area contributed by atoms with Crippen LogP contribution < -0.4 is 5.56 Å². The van der Waals surface area contributed by atoms with Crippen molar-refractivity contribution in [3.63, 3.8) is 0 Å². The molecule has 3 rings (SSSR count). The molecule has 0 spiro atoms. The average Bonchev–Trinajstić information content (AvgIpc) is 2.94. The van der Waals surface area contributed by atoms with Gasteiger partial charge in [-0.1, -0.05) is 13.8 Å². The van der Waals surface area contributed by atoms with Crippen LogP contribution in [0.15, 0.2) is 21.6 Å². The molecule has 0 atom stereocenters. The molecule has 7 heteroatoms. The van der Waals surface area contributed by atoms with Crippen LogP contribution in [0.2, 0.25) is 0 Å². The normalized spacial score (nSPS) is 14.1. The monoisotopic (exact) mass is 316 g/mol.